The Kier molecular flexibility index (Phi) is 7.62. The van der Waals surface area contributed by atoms with E-state index in [0.29, 0.717) is 47.0 Å². The molecule has 2 aliphatic rings. The second-order valence-electron chi connectivity index (χ2n) is 9.16. The van der Waals surface area contributed by atoms with Crippen LogP contribution >= 0.6 is 0 Å². The third-order valence-corrected chi connectivity index (χ3v) is 7.27. The Bertz CT molecular complexity index is 922. The maximum Gasteiger partial charge on any atom is 0.166 e. The quantitative estimate of drug-likeness (QED) is 0.411. The van der Waals surface area contributed by atoms with Crippen molar-refractivity contribution < 1.29 is 18.3 Å². The molecule has 2 nitrogen and oxygen atoms in total. The molecule has 4 atom stereocenters. The Morgan fingerprint density at radius 3 is 2.41 bits per heavy atom. The van der Waals surface area contributed by atoms with Gasteiger partial charge in [-0.25, -0.2) is 8.78 Å². The molecule has 2 saturated carbocycles. The zero-order valence-electron chi connectivity index (χ0n) is 19.2. The van der Waals surface area contributed by atoms with Gasteiger partial charge in [0.15, 0.2) is 11.6 Å². The first-order valence-electron chi connectivity index (χ1n) is 12.0. The highest BCUT2D eigenvalue weighted by molar-refractivity contribution is 5.65. The molecular formula is C28H34F2O2. The molecule has 0 radical (unpaired) electrons. The van der Waals surface area contributed by atoms with Crippen LogP contribution in [0.1, 0.15) is 63.9 Å². The molecule has 32 heavy (non-hydrogen) atoms. The van der Waals surface area contributed by atoms with Crippen molar-refractivity contribution >= 4 is 0 Å². The Morgan fingerprint density at radius 2 is 1.66 bits per heavy atom. The summed E-state index contributed by atoms with van der Waals surface area (Å²) in [5, 5.41) is 0. The van der Waals surface area contributed by atoms with Gasteiger partial charge in [-0.05, 0) is 93.4 Å². The minimum atomic E-state index is -0.743. The molecule has 0 aromatic heterocycles. The summed E-state index contributed by atoms with van der Waals surface area (Å²) in [6.07, 6.45) is 10.5. The fraction of sp³-hybridized carbons (Fsp3) is 0.500. The maximum atomic E-state index is 15.2. The van der Waals surface area contributed by atoms with E-state index >= 15 is 8.78 Å². The van der Waals surface area contributed by atoms with Gasteiger partial charge in [0.1, 0.15) is 12.4 Å². The lowest BCUT2D eigenvalue weighted by Crippen LogP contribution is -2.34. The average Bonchev–Trinajstić information content (AvgIpc) is 2.81. The van der Waals surface area contributed by atoms with E-state index in [0.717, 1.165) is 45.1 Å². The molecule has 172 valence electrons. The van der Waals surface area contributed by atoms with E-state index in [9.17, 15) is 0 Å². The van der Waals surface area contributed by atoms with Gasteiger partial charge in [0.05, 0.1) is 6.10 Å². The van der Waals surface area contributed by atoms with Crippen molar-refractivity contribution in [3.05, 3.63) is 65.7 Å². The summed E-state index contributed by atoms with van der Waals surface area (Å²) in [7, 11) is 0. The van der Waals surface area contributed by atoms with Crippen molar-refractivity contribution in [3.63, 3.8) is 0 Å². The predicted octanol–water partition coefficient (Wildman–Crippen LogP) is 7.68. The molecule has 2 aromatic carbocycles. The van der Waals surface area contributed by atoms with E-state index in [1.54, 1.807) is 36.4 Å². The lowest BCUT2D eigenvalue weighted by atomic mass is 9.65. The van der Waals surface area contributed by atoms with Gasteiger partial charge in [0.25, 0.3) is 0 Å². The fourth-order valence-electron chi connectivity index (χ4n) is 5.59. The van der Waals surface area contributed by atoms with E-state index < -0.39 is 11.6 Å². The van der Waals surface area contributed by atoms with Gasteiger partial charge in [0, 0.05) is 12.2 Å². The van der Waals surface area contributed by atoms with Crippen LogP contribution in [0.5, 0.6) is 5.75 Å². The van der Waals surface area contributed by atoms with Gasteiger partial charge < -0.3 is 9.47 Å². The summed E-state index contributed by atoms with van der Waals surface area (Å²) < 4.78 is 41.7. The van der Waals surface area contributed by atoms with Crippen LogP contribution in [0.3, 0.4) is 0 Å². The molecular weight excluding hydrogens is 406 g/mol. The molecule has 2 aromatic rings. The van der Waals surface area contributed by atoms with Gasteiger partial charge in [-0.1, -0.05) is 36.4 Å². The smallest absolute Gasteiger partial charge is 0.166 e. The molecule has 0 N–H and O–H groups in total. The van der Waals surface area contributed by atoms with Crippen LogP contribution in [0.15, 0.2) is 48.6 Å². The van der Waals surface area contributed by atoms with Gasteiger partial charge in [0.2, 0.25) is 0 Å². The highest BCUT2D eigenvalue weighted by Crippen LogP contribution is 2.47. The second-order valence-corrected chi connectivity index (χ2v) is 9.16. The normalized spacial score (nSPS) is 25.6. The monoisotopic (exact) mass is 440 g/mol. The van der Waals surface area contributed by atoms with Crippen LogP contribution < -0.4 is 4.74 Å². The molecule has 4 unspecified atom stereocenters. The zero-order chi connectivity index (χ0) is 22.5. The third kappa shape index (κ3) is 5.06. The Hall–Kier alpha value is -2.20. The van der Waals surface area contributed by atoms with E-state index in [2.05, 4.69) is 6.92 Å². The SMILES string of the molecule is C/C=C/COc1ccc(-c2ccc(C3CCC4CC(OCC)CCC4C3)c(F)c2F)cc1. The minimum absolute atomic E-state index is 0.103. The van der Waals surface area contributed by atoms with Gasteiger partial charge in [-0.2, -0.15) is 0 Å². The van der Waals surface area contributed by atoms with E-state index in [-0.39, 0.29) is 5.92 Å². The van der Waals surface area contributed by atoms with Crippen LogP contribution in [-0.2, 0) is 4.74 Å². The fourth-order valence-corrected chi connectivity index (χ4v) is 5.59. The predicted molar refractivity (Wildman–Crippen MR) is 125 cm³/mol. The van der Waals surface area contributed by atoms with E-state index in [1.807, 2.05) is 19.1 Å². The lowest BCUT2D eigenvalue weighted by Gasteiger charge is -2.42. The van der Waals surface area contributed by atoms with Crippen molar-refractivity contribution in [2.45, 2.75) is 64.4 Å². The molecule has 0 aliphatic heterocycles. The van der Waals surface area contributed by atoms with Crippen LogP contribution in [-0.4, -0.2) is 19.3 Å². The Balaban J connectivity index is 1.45. The molecule has 0 saturated heterocycles. The molecule has 0 heterocycles. The Labute approximate surface area is 190 Å². The van der Waals surface area contributed by atoms with E-state index in [4.69, 9.17) is 9.47 Å². The number of allylic oxidation sites excluding steroid dienone is 1. The summed E-state index contributed by atoms with van der Waals surface area (Å²) in [5.74, 6) is 0.653. The van der Waals surface area contributed by atoms with Gasteiger partial charge >= 0.3 is 0 Å². The van der Waals surface area contributed by atoms with Gasteiger partial charge in [-0.15, -0.1) is 0 Å². The number of hydrogen-bond donors (Lipinski definition) is 0. The number of rotatable bonds is 7. The number of halogens is 2. The number of ether oxygens (including phenoxy) is 2. The standard InChI is InChI=1S/C28H34F2O2/c1-3-5-16-32-23-11-8-19(9-12-23)25-14-15-26(28(30)27(25)29)22-7-6-21-18-24(31-4-2)13-10-20(21)17-22/h3,5,8-9,11-12,14-15,20-22,24H,4,6-7,10,13,16-18H2,1-2H3/b5-3+. The van der Waals surface area contributed by atoms with Crippen molar-refractivity contribution in [1.29, 1.82) is 0 Å². The molecule has 2 fully saturated rings. The highest BCUT2D eigenvalue weighted by Gasteiger charge is 2.37. The maximum absolute atomic E-state index is 15.2. The van der Waals surface area contributed by atoms with Crippen molar-refractivity contribution in [2.75, 3.05) is 13.2 Å². The molecule has 0 bridgehead atoms. The highest BCUT2D eigenvalue weighted by atomic mass is 19.2. The summed E-state index contributed by atoms with van der Waals surface area (Å²) in [6.45, 7) is 5.25. The first-order chi connectivity index (χ1) is 15.6. The minimum Gasteiger partial charge on any atom is -0.490 e. The number of fused-ring (bicyclic) bond motifs is 1. The van der Waals surface area contributed by atoms with Crippen LogP contribution in [0.4, 0.5) is 8.78 Å². The summed E-state index contributed by atoms with van der Waals surface area (Å²) >= 11 is 0. The lowest BCUT2D eigenvalue weighted by molar-refractivity contribution is -0.00970. The largest absolute Gasteiger partial charge is 0.490 e. The average molecular weight is 441 g/mol. The summed E-state index contributed by atoms with van der Waals surface area (Å²) in [6, 6.07) is 10.7. The molecule has 0 spiro atoms. The Morgan fingerprint density at radius 1 is 0.906 bits per heavy atom. The topological polar surface area (TPSA) is 18.5 Å². The van der Waals surface area contributed by atoms with Crippen molar-refractivity contribution in [2.24, 2.45) is 11.8 Å². The zero-order valence-corrected chi connectivity index (χ0v) is 19.2. The van der Waals surface area contributed by atoms with Crippen LogP contribution in [0.2, 0.25) is 0 Å². The summed E-state index contributed by atoms with van der Waals surface area (Å²) in [5.41, 5.74) is 1.50. The molecule has 4 heteroatoms. The van der Waals surface area contributed by atoms with E-state index in [1.165, 1.54) is 0 Å². The first-order valence-corrected chi connectivity index (χ1v) is 12.0. The first kappa shape index (κ1) is 23.0. The van der Waals surface area contributed by atoms with Crippen molar-refractivity contribution in [1.82, 2.24) is 0 Å². The number of hydrogen-bond acceptors (Lipinski definition) is 2. The third-order valence-electron chi connectivity index (χ3n) is 7.27. The molecule has 2 aliphatic carbocycles. The van der Waals surface area contributed by atoms with Crippen LogP contribution in [0, 0.1) is 23.5 Å². The van der Waals surface area contributed by atoms with Crippen LogP contribution in [0.25, 0.3) is 11.1 Å². The molecule has 0 amide bonds. The molecule has 4 rings (SSSR count). The second kappa shape index (κ2) is 10.6. The summed E-state index contributed by atoms with van der Waals surface area (Å²) in [4.78, 5) is 0. The van der Waals surface area contributed by atoms with Gasteiger partial charge in [-0.3, -0.25) is 0 Å². The van der Waals surface area contributed by atoms with Crippen molar-refractivity contribution in [3.8, 4) is 16.9 Å². The number of benzene rings is 2.